The SMILES string of the molecule is C[C@@H](OC[C@H](O)CN1CCC[C@H]1Cc1ccc(Cl)cc1)c1ccccc1CCC(=O)O. The summed E-state index contributed by atoms with van der Waals surface area (Å²) in [5.74, 6) is -0.808. The summed E-state index contributed by atoms with van der Waals surface area (Å²) in [5, 5.41) is 20.3. The second kappa shape index (κ2) is 11.6. The monoisotopic (exact) mass is 445 g/mol. The lowest BCUT2D eigenvalue weighted by Gasteiger charge is -2.27. The highest BCUT2D eigenvalue weighted by Gasteiger charge is 2.26. The van der Waals surface area contributed by atoms with Gasteiger partial charge in [-0.1, -0.05) is 48.0 Å². The molecule has 0 saturated carbocycles. The number of likely N-dealkylation sites (tertiary alicyclic amines) is 1. The number of aliphatic carboxylic acids is 1. The van der Waals surface area contributed by atoms with E-state index in [1.165, 1.54) is 5.56 Å². The van der Waals surface area contributed by atoms with Crippen LogP contribution in [0.4, 0.5) is 0 Å². The zero-order valence-corrected chi connectivity index (χ0v) is 18.8. The first-order valence-electron chi connectivity index (χ1n) is 11.0. The van der Waals surface area contributed by atoms with Gasteiger partial charge in [-0.05, 0) is 68.0 Å². The average molecular weight is 446 g/mol. The highest BCUT2D eigenvalue weighted by Crippen LogP contribution is 2.24. The van der Waals surface area contributed by atoms with Crippen LogP contribution >= 0.6 is 11.6 Å². The lowest BCUT2D eigenvalue weighted by atomic mass is 9.99. The average Bonchev–Trinajstić information content (AvgIpc) is 3.18. The fraction of sp³-hybridized carbons (Fsp3) is 0.480. The number of aliphatic hydroxyl groups excluding tert-OH is 1. The highest BCUT2D eigenvalue weighted by atomic mass is 35.5. The Labute approximate surface area is 189 Å². The summed E-state index contributed by atoms with van der Waals surface area (Å²) < 4.78 is 5.98. The van der Waals surface area contributed by atoms with Crippen molar-refractivity contribution in [2.45, 2.75) is 57.3 Å². The Morgan fingerprint density at radius 1 is 1.23 bits per heavy atom. The number of aryl methyl sites for hydroxylation is 1. The molecule has 3 rings (SSSR count). The number of carboxylic acids is 1. The third-order valence-electron chi connectivity index (χ3n) is 5.97. The number of hydrogen-bond donors (Lipinski definition) is 2. The van der Waals surface area contributed by atoms with E-state index in [1.807, 2.05) is 43.3 Å². The predicted molar refractivity (Wildman–Crippen MR) is 123 cm³/mol. The van der Waals surface area contributed by atoms with Crippen LogP contribution in [0.3, 0.4) is 0 Å². The summed E-state index contributed by atoms with van der Waals surface area (Å²) in [6, 6.07) is 16.2. The van der Waals surface area contributed by atoms with Crippen LogP contribution in [0.15, 0.2) is 48.5 Å². The molecule has 6 heteroatoms. The largest absolute Gasteiger partial charge is 0.481 e. The van der Waals surface area contributed by atoms with Crippen molar-refractivity contribution in [1.82, 2.24) is 4.90 Å². The Balaban J connectivity index is 1.49. The number of carboxylic acid groups (broad SMARTS) is 1. The van der Waals surface area contributed by atoms with Gasteiger partial charge in [0, 0.05) is 24.0 Å². The molecule has 0 bridgehead atoms. The quantitative estimate of drug-likeness (QED) is 0.532. The van der Waals surface area contributed by atoms with Crippen molar-refractivity contribution in [2.75, 3.05) is 19.7 Å². The Kier molecular flexibility index (Phi) is 8.90. The molecule has 1 saturated heterocycles. The molecule has 2 aromatic rings. The van der Waals surface area contributed by atoms with Crippen molar-refractivity contribution in [1.29, 1.82) is 0 Å². The first kappa shape index (κ1) is 23.7. The van der Waals surface area contributed by atoms with E-state index in [4.69, 9.17) is 21.4 Å². The molecule has 168 valence electrons. The number of hydrogen-bond acceptors (Lipinski definition) is 4. The van der Waals surface area contributed by atoms with Crippen molar-refractivity contribution in [3.05, 3.63) is 70.2 Å². The molecule has 0 radical (unpaired) electrons. The van der Waals surface area contributed by atoms with Gasteiger partial charge in [0.25, 0.3) is 0 Å². The maximum absolute atomic E-state index is 10.9. The number of aliphatic hydroxyl groups is 1. The smallest absolute Gasteiger partial charge is 0.303 e. The number of rotatable bonds is 11. The molecular weight excluding hydrogens is 414 g/mol. The van der Waals surface area contributed by atoms with Gasteiger partial charge in [-0.15, -0.1) is 0 Å². The van der Waals surface area contributed by atoms with Gasteiger partial charge < -0.3 is 14.9 Å². The number of nitrogens with zero attached hydrogens (tertiary/aromatic N) is 1. The van der Waals surface area contributed by atoms with Gasteiger partial charge >= 0.3 is 5.97 Å². The number of carbonyl (C=O) groups is 1. The standard InChI is InChI=1S/C25H32ClNO4/c1-18(24-7-3-2-5-20(24)10-13-25(29)30)31-17-23(28)16-27-14-4-6-22(27)15-19-8-11-21(26)12-9-19/h2-3,5,7-9,11-12,18,22-23,28H,4,6,10,13-17H2,1H3,(H,29,30)/t18-,22+,23-/m1/s1. The number of ether oxygens (including phenoxy) is 1. The first-order valence-corrected chi connectivity index (χ1v) is 11.4. The second-order valence-corrected chi connectivity index (χ2v) is 8.78. The van der Waals surface area contributed by atoms with E-state index in [2.05, 4.69) is 17.0 Å². The molecular formula is C25H32ClNO4. The number of benzene rings is 2. The molecule has 0 aliphatic carbocycles. The maximum Gasteiger partial charge on any atom is 0.303 e. The summed E-state index contributed by atoms with van der Waals surface area (Å²) >= 11 is 5.99. The molecule has 3 atom stereocenters. The van der Waals surface area contributed by atoms with Crippen molar-refractivity contribution in [2.24, 2.45) is 0 Å². The van der Waals surface area contributed by atoms with Crippen molar-refractivity contribution in [3.63, 3.8) is 0 Å². The van der Waals surface area contributed by atoms with Gasteiger partial charge in [0.2, 0.25) is 0 Å². The Morgan fingerprint density at radius 2 is 1.97 bits per heavy atom. The Hall–Kier alpha value is -1.92. The third kappa shape index (κ3) is 7.32. The summed E-state index contributed by atoms with van der Waals surface area (Å²) in [7, 11) is 0. The van der Waals surface area contributed by atoms with Gasteiger partial charge in [0.05, 0.1) is 18.8 Å². The van der Waals surface area contributed by atoms with E-state index < -0.39 is 12.1 Å². The molecule has 0 amide bonds. The van der Waals surface area contributed by atoms with Crippen LogP contribution < -0.4 is 0 Å². The molecule has 2 N–H and O–H groups in total. The normalized spacial score (nSPS) is 18.7. The lowest BCUT2D eigenvalue weighted by molar-refractivity contribution is -0.136. The van der Waals surface area contributed by atoms with Crippen LogP contribution in [0.25, 0.3) is 0 Å². The predicted octanol–water partition coefficient (Wildman–Crippen LogP) is 4.50. The molecule has 0 spiro atoms. The molecule has 0 aromatic heterocycles. The van der Waals surface area contributed by atoms with Crippen LogP contribution in [-0.4, -0.2) is 52.9 Å². The van der Waals surface area contributed by atoms with Gasteiger partial charge in [-0.2, -0.15) is 0 Å². The van der Waals surface area contributed by atoms with Crippen molar-refractivity contribution < 1.29 is 19.7 Å². The minimum Gasteiger partial charge on any atom is -0.481 e. The minimum atomic E-state index is -0.808. The van der Waals surface area contributed by atoms with Crippen LogP contribution in [0.2, 0.25) is 5.02 Å². The molecule has 1 aliphatic heterocycles. The zero-order chi connectivity index (χ0) is 22.2. The fourth-order valence-electron chi connectivity index (χ4n) is 4.33. The molecule has 0 unspecified atom stereocenters. The lowest BCUT2D eigenvalue weighted by Crippen LogP contribution is -2.39. The molecule has 5 nitrogen and oxygen atoms in total. The minimum absolute atomic E-state index is 0.0936. The van der Waals surface area contributed by atoms with Crippen LogP contribution in [0.5, 0.6) is 0 Å². The van der Waals surface area contributed by atoms with Gasteiger partial charge in [-0.3, -0.25) is 9.69 Å². The molecule has 2 aromatic carbocycles. The third-order valence-corrected chi connectivity index (χ3v) is 6.22. The van der Waals surface area contributed by atoms with E-state index >= 15 is 0 Å². The number of halogens is 1. The topological polar surface area (TPSA) is 70.0 Å². The Morgan fingerprint density at radius 3 is 2.71 bits per heavy atom. The number of β-amino-alcohol motifs (C(OH)–C–C–N with tert-alkyl or cyclic N) is 1. The zero-order valence-electron chi connectivity index (χ0n) is 18.0. The van der Waals surface area contributed by atoms with Crippen molar-refractivity contribution >= 4 is 17.6 Å². The summed E-state index contributed by atoms with van der Waals surface area (Å²) in [4.78, 5) is 13.3. The van der Waals surface area contributed by atoms with Crippen LogP contribution in [0, 0.1) is 0 Å². The molecule has 31 heavy (non-hydrogen) atoms. The van der Waals surface area contributed by atoms with Gasteiger partial charge in [-0.25, -0.2) is 0 Å². The molecule has 1 fully saturated rings. The van der Waals surface area contributed by atoms with E-state index in [0.717, 1.165) is 42.0 Å². The van der Waals surface area contributed by atoms with Crippen LogP contribution in [0.1, 0.15) is 49.0 Å². The fourth-order valence-corrected chi connectivity index (χ4v) is 4.45. The molecule has 1 heterocycles. The molecule has 1 aliphatic rings. The van der Waals surface area contributed by atoms with Crippen LogP contribution in [-0.2, 0) is 22.4 Å². The first-order chi connectivity index (χ1) is 14.9. The summed E-state index contributed by atoms with van der Waals surface area (Å²) in [5.41, 5.74) is 3.23. The summed E-state index contributed by atoms with van der Waals surface area (Å²) in [6.07, 6.45) is 3.02. The summed E-state index contributed by atoms with van der Waals surface area (Å²) in [6.45, 7) is 3.78. The van der Waals surface area contributed by atoms with Gasteiger partial charge in [0.1, 0.15) is 0 Å². The van der Waals surface area contributed by atoms with E-state index in [1.54, 1.807) is 0 Å². The van der Waals surface area contributed by atoms with Gasteiger partial charge in [0.15, 0.2) is 0 Å². The maximum atomic E-state index is 10.9. The second-order valence-electron chi connectivity index (χ2n) is 8.34. The highest BCUT2D eigenvalue weighted by molar-refractivity contribution is 6.30. The Bertz CT molecular complexity index is 842. The van der Waals surface area contributed by atoms with Crippen molar-refractivity contribution in [3.8, 4) is 0 Å². The van der Waals surface area contributed by atoms with E-state index in [9.17, 15) is 9.90 Å². The van der Waals surface area contributed by atoms with E-state index in [-0.39, 0.29) is 19.1 Å². The van der Waals surface area contributed by atoms with E-state index in [0.29, 0.717) is 19.0 Å².